The van der Waals surface area contributed by atoms with E-state index in [2.05, 4.69) is 26.0 Å². The molecular weight excluding hydrogens is 253 g/mol. The Kier molecular flexibility index (Phi) is 4.40. The van der Waals surface area contributed by atoms with Crippen molar-refractivity contribution in [3.63, 3.8) is 0 Å². The largest absolute Gasteiger partial charge is 0.457 e. The van der Waals surface area contributed by atoms with Crippen LogP contribution in [0.25, 0.3) is 0 Å². The van der Waals surface area contributed by atoms with E-state index in [1.165, 1.54) is 6.07 Å². The Morgan fingerprint density at radius 3 is 2.55 bits per heavy atom. The average Bonchev–Trinajstić information content (AvgIpc) is 2.38. The van der Waals surface area contributed by atoms with Crippen LogP contribution in [-0.4, -0.2) is 0 Å². The van der Waals surface area contributed by atoms with Gasteiger partial charge < -0.3 is 10.5 Å². The van der Waals surface area contributed by atoms with Gasteiger partial charge in [-0.25, -0.2) is 4.39 Å². The fourth-order valence-electron chi connectivity index (χ4n) is 2.16. The van der Waals surface area contributed by atoms with Gasteiger partial charge in [-0.15, -0.1) is 0 Å². The van der Waals surface area contributed by atoms with Crippen LogP contribution >= 0.6 is 0 Å². The topological polar surface area (TPSA) is 35.2 Å². The molecule has 0 heterocycles. The van der Waals surface area contributed by atoms with E-state index in [0.717, 1.165) is 16.9 Å². The summed E-state index contributed by atoms with van der Waals surface area (Å²) in [6.45, 7) is 6.33. The lowest BCUT2D eigenvalue weighted by molar-refractivity contribution is 0.459. The predicted octanol–water partition coefficient (Wildman–Crippen LogP) is 4.51. The van der Waals surface area contributed by atoms with Crippen molar-refractivity contribution in [1.82, 2.24) is 0 Å². The van der Waals surface area contributed by atoms with Crippen molar-refractivity contribution in [3.05, 3.63) is 58.9 Å². The summed E-state index contributed by atoms with van der Waals surface area (Å²) in [5.41, 5.74) is 8.23. The van der Waals surface area contributed by atoms with Crippen molar-refractivity contribution in [1.29, 1.82) is 0 Å². The Balaban J connectivity index is 2.44. The maximum Gasteiger partial charge on any atom is 0.134 e. The van der Waals surface area contributed by atoms with Crippen molar-refractivity contribution < 1.29 is 9.13 Å². The Bertz CT molecular complexity index is 608. The second-order valence-electron chi connectivity index (χ2n) is 5.22. The third-order valence-corrected chi connectivity index (χ3v) is 3.29. The molecular formula is C17H20FNO. The van der Waals surface area contributed by atoms with Crippen LogP contribution in [0.1, 0.15) is 36.5 Å². The molecule has 0 aliphatic heterocycles. The Morgan fingerprint density at radius 2 is 1.90 bits per heavy atom. The number of benzene rings is 2. The van der Waals surface area contributed by atoms with Gasteiger partial charge in [0.25, 0.3) is 0 Å². The van der Waals surface area contributed by atoms with E-state index in [1.54, 1.807) is 12.1 Å². The highest BCUT2D eigenvalue weighted by atomic mass is 19.1. The summed E-state index contributed by atoms with van der Waals surface area (Å²) in [4.78, 5) is 0. The Hall–Kier alpha value is -1.87. The molecule has 106 valence electrons. The average molecular weight is 273 g/mol. The van der Waals surface area contributed by atoms with Gasteiger partial charge in [-0.2, -0.15) is 0 Å². The number of ether oxygens (including phenoxy) is 1. The number of hydrogen-bond donors (Lipinski definition) is 1. The van der Waals surface area contributed by atoms with E-state index in [9.17, 15) is 4.39 Å². The molecule has 2 aromatic carbocycles. The highest BCUT2D eigenvalue weighted by Crippen LogP contribution is 2.33. The highest BCUT2D eigenvalue weighted by Gasteiger charge is 2.13. The van der Waals surface area contributed by atoms with E-state index < -0.39 is 0 Å². The fourth-order valence-corrected chi connectivity index (χ4v) is 2.16. The lowest BCUT2D eigenvalue weighted by Crippen LogP contribution is -2.03. The van der Waals surface area contributed by atoms with E-state index in [1.807, 2.05) is 13.0 Å². The van der Waals surface area contributed by atoms with Gasteiger partial charge >= 0.3 is 0 Å². The molecule has 0 aromatic heterocycles. The molecule has 2 rings (SSSR count). The molecule has 0 spiro atoms. The van der Waals surface area contributed by atoms with Crippen LogP contribution in [0.5, 0.6) is 11.5 Å². The molecule has 0 radical (unpaired) electrons. The first-order valence-corrected chi connectivity index (χ1v) is 6.78. The van der Waals surface area contributed by atoms with Crippen molar-refractivity contribution in [2.75, 3.05) is 0 Å². The summed E-state index contributed by atoms with van der Waals surface area (Å²) in [6.07, 6.45) is 0. The van der Waals surface area contributed by atoms with E-state index in [-0.39, 0.29) is 12.4 Å². The van der Waals surface area contributed by atoms with Gasteiger partial charge in [0.2, 0.25) is 0 Å². The zero-order valence-electron chi connectivity index (χ0n) is 12.1. The molecule has 0 saturated heterocycles. The van der Waals surface area contributed by atoms with Crippen molar-refractivity contribution in [3.8, 4) is 11.5 Å². The molecule has 20 heavy (non-hydrogen) atoms. The summed E-state index contributed by atoms with van der Waals surface area (Å²) in [6, 6.07) is 10.9. The molecule has 0 amide bonds. The van der Waals surface area contributed by atoms with E-state index in [0.29, 0.717) is 17.2 Å². The molecule has 0 unspecified atom stereocenters. The first-order valence-electron chi connectivity index (χ1n) is 6.78. The molecule has 0 atom stereocenters. The first kappa shape index (κ1) is 14.5. The van der Waals surface area contributed by atoms with Crippen LogP contribution in [0.2, 0.25) is 0 Å². The van der Waals surface area contributed by atoms with Crippen LogP contribution in [0.3, 0.4) is 0 Å². The first-order chi connectivity index (χ1) is 9.52. The standard InChI is InChI=1S/C17H20FNO/c1-11(2)13-8-7-12(3)9-17(13)20-16-6-4-5-15(18)14(16)10-19/h4-9,11H,10,19H2,1-3H3. The minimum atomic E-state index is -0.330. The predicted molar refractivity (Wildman–Crippen MR) is 79.6 cm³/mol. The van der Waals surface area contributed by atoms with E-state index in [4.69, 9.17) is 10.5 Å². The lowest BCUT2D eigenvalue weighted by atomic mass is 10.0. The number of halogens is 1. The fraction of sp³-hybridized carbons (Fsp3) is 0.294. The maximum atomic E-state index is 13.7. The lowest BCUT2D eigenvalue weighted by Gasteiger charge is -2.16. The zero-order chi connectivity index (χ0) is 14.7. The van der Waals surface area contributed by atoms with Crippen molar-refractivity contribution in [2.45, 2.75) is 33.2 Å². The van der Waals surface area contributed by atoms with Gasteiger partial charge in [-0.1, -0.05) is 32.0 Å². The van der Waals surface area contributed by atoms with Gasteiger partial charge in [0.15, 0.2) is 0 Å². The van der Waals surface area contributed by atoms with Crippen LogP contribution < -0.4 is 10.5 Å². The number of hydrogen-bond acceptors (Lipinski definition) is 2. The SMILES string of the molecule is Cc1ccc(C(C)C)c(Oc2cccc(F)c2CN)c1. The summed E-state index contributed by atoms with van der Waals surface area (Å²) in [5, 5.41) is 0. The minimum Gasteiger partial charge on any atom is -0.457 e. The van der Waals surface area contributed by atoms with Gasteiger partial charge in [0.1, 0.15) is 17.3 Å². The van der Waals surface area contributed by atoms with Crippen molar-refractivity contribution in [2.24, 2.45) is 5.73 Å². The zero-order valence-corrected chi connectivity index (χ0v) is 12.1. The van der Waals surface area contributed by atoms with Crippen LogP contribution in [0.4, 0.5) is 4.39 Å². The third kappa shape index (κ3) is 2.99. The number of rotatable bonds is 4. The smallest absolute Gasteiger partial charge is 0.134 e. The molecule has 0 aliphatic carbocycles. The number of aryl methyl sites for hydroxylation is 1. The second-order valence-corrected chi connectivity index (χ2v) is 5.22. The molecule has 0 bridgehead atoms. The third-order valence-electron chi connectivity index (χ3n) is 3.29. The summed E-state index contributed by atoms with van der Waals surface area (Å²) >= 11 is 0. The van der Waals surface area contributed by atoms with E-state index >= 15 is 0 Å². The monoisotopic (exact) mass is 273 g/mol. The number of nitrogens with two attached hydrogens (primary N) is 1. The molecule has 0 aliphatic rings. The van der Waals surface area contributed by atoms with Gasteiger partial charge in [-0.3, -0.25) is 0 Å². The summed E-state index contributed by atoms with van der Waals surface area (Å²) in [5.74, 6) is 1.25. The second kappa shape index (κ2) is 6.06. The Morgan fingerprint density at radius 1 is 1.15 bits per heavy atom. The molecule has 0 saturated carbocycles. The van der Waals surface area contributed by atoms with Crippen LogP contribution in [0.15, 0.2) is 36.4 Å². The van der Waals surface area contributed by atoms with Crippen LogP contribution in [-0.2, 0) is 6.54 Å². The van der Waals surface area contributed by atoms with Gasteiger partial charge in [-0.05, 0) is 42.2 Å². The molecule has 2 nitrogen and oxygen atoms in total. The highest BCUT2D eigenvalue weighted by molar-refractivity contribution is 5.44. The summed E-state index contributed by atoms with van der Waals surface area (Å²) < 4.78 is 19.7. The molecule has 2 N–H and O–H groups in total. The van der Waals surface area contributed by atoms with Gasteiger partial charge in [0, 0.05) is 12.1 Å². The molecule has 2 aromatic rings. The van der Waals surface area contributed by atoms with Crippen molar-refractivity contribution >= 4 is 0 Å². The normalized spacial score (nSPS) is 10.9. The maximum absolute atomic E-state index is 13.7. The van der Waals surface area contributed by atoms with Gasteiger partial charge in [0.05, 0.1) is 0 Å². The molecule has 3 heteroatoms. The minimum absolute atomic E-state index is 0.116. The Labute approximate surface area is 119 Å². The quantitative estimate of drug-likeness (QED) is 0.889. The molecule has 0 fully saturated rings. The summed E-state index contributed by atoms with van der Waals surface area (Å²) in [7, 11) is 0. The van der Waals surface area contributed by atoms with Crippen LogP contribution in [0, 0.1) is 12.7 Å².